The lowest BCUT2D eigenvalue weighted by Crippen LogP contribution is -2.10. The maximum atomic E-state index is 6.53. The summed E-state index contributed by atoms with van der Waals surface area (Å²) in [5, 5.41) is 6.88. The zero-order valence-corrected chi connectivity index (χ0v) is 33.1. The Kier molecular flexibility index (Phi) is 8.17. The minimum Gasteiger partial charge on any atom is -0.456 e. The average molecular weight is 780 g/mol. The summed E-state index contributed by atoms with van der Waals surface area (Å²) in [5.74, 6) is 0. The summed E-state index contributed by atoms with van der Waals surface area (Å²) < 4.78 is 12.8. The molecule has 2 heterocycles. The summed E-state index contributed by atoms with van der Waals surface area (Å²) in [7, 11) is 0. The van der Waals surface area contributed by atoms with Crippen LogP contribution in [-0.4, -0.2) is 0 Å². The molecule has 12 aromatic rings. The zero-order valence-electron chi connectivity index (χ0n) is 33.1. The lowest BCUT2D eigenvalue weighted by Gasteiger charge is -2.27. The molecule has 0 N–H and O–H groups in total. The second-order valence-electron chi connectivity index (χ2n) is 15.6. The number of benzene rings is 10. The first-order chi connectivity index (χ1) is 30.2. The number of hydrogen-bond acceptors (Lipinski definition) is 3. The van der Waals surface area contributed by atoms with Gasteiger partial charge in [0.1, 0.15) is 22.3 Å². The van der Waals surface area contributed by atoms with Gasteiger partial charge in [0.05, 0.1) is 0 Å². The Morgan fingerprint density at radius 1 is 0.279 bits per heavy atom. The molecule has 0 aliphatic carbocycles. The van der Waals surface area contributed by atoms with E-state index in [2.05, 4.69) is 205 Å². The van der Waals surface area contributed by atoms with Crippen LogP contribution in [0.15, 0.2) is 233 Å². The molecular weight excluding hydrogens is 743 g/mol. The highest BCUT2D eigenvalue weighted by Crippen LogP contribution is 2.44. The Bertz CT molecular complexity index is 3580. The first kappa shape index (κ1) is 34.9. The number of hydrogen-bond donors (Lipinski definition) is 0. The molecule has 0 spiro atoms. The van der Waals surface area contributed by atoms with Gasteiger partial charge in [0.15, 0.2) is 0 Å². The smallest absolute Gasteiger partial charge is 0.143 e. The largest absolute Gasteiger partial charge is 0.456 e. The van der Waals surface area contributed by atoms with Crippen molar-refractivity contribution in [2.24, 2.45) is 0 Å². The second-order valence-corrected chi connectivity index (χ2v) is 15.6. The summed E-state index contributed by atoms with van der Waals surface area (Å²) in [6.07, 6.45) is 0. The summed E-state index contributed by atoms with van der Waals surface area (Å²) in [4.78, 5) is 2.37. The molecule has 12 rings (SSSR count). The minimum absolute atomic E-state index is 0.892. The number of fused-ring (bicyclic) bond motifs is 8. The van der Waals surface area contributed by atoms with Gasteiger partial charge in [0.25, 0.3) is 0 Å². The number of furan rings is 2. The number of rotatable bonds is 7. The minimum atomic E-state index is 0.892. The Balaban J connectivity index is 1.04. The molecule has 0 amide bonds. The molecule has 0 bridgehead atoms. The first-order valence-corrected chi connectivity index (χ1v) is 20.7. The molecule has 0 unspecified atom stereocenters. The van der Waals surface area contributed by atoms with Gasteiger partial charge in [-0.2, -0.15) is 0 Å². The Hall–Kier alpha value is -8.14. The molecule has 3 nitrogen and oxygen atoms in total. The van der Waals surface area contributed by atoms with Crippen molar-refractivity contribution in [1.82, 2.24) is 0 Å². The van der Waals surface area contributed by atoms with E-state index in [1.54, 1.807) is 0 Å². The van der Waals surface area contributed by atoms with Gasteiger partial charge in [-0.25, -0.2) is 0 Å². The number of para-hydroxylation sites is 3. The molecule has 10 aromatic carbocycles. The molecule has 61 heavy (non-hydrogen) atoms. The predicted molar refractivity (Wildman–Crippen MR) is 255 cm³/mol. The van der Waals surface area contributed by atoms with E-state index in [1.807, 2.05) is 24.3 Å². The van der Waals surface area contributed by atoms with Gasteiger partial charge in [0.2, 0.25) is 0 Å². The maximum absolute atomic E-state index is 6.53. The molecule has 0 radical (unpaired) electrons. The molecule has 3 heteroatoms. The van der Waals surface area contributed by atoms with E-state index in [9.17, 15) is 0 Å². The van der Waals surface area contributed by atoms with Crippen LogP contribution in [0.5, 0.6) is 0 Å². The third-order valence-corrected chi connectivity index (χ3v) is 12.1. The van der Waals surface area contributed by atoms with Crippen molar-refractivity contribution in [2.75, 3.05) is 4.90 Å². The van der Waals surface area contributed by atoms with E-state index >= 15 is 0 Å². The monoisotopic (exact) mass is 779 g/mol. The van der Waals surface area contributed by atoms with Crippen LogP contribution in [0.2, 0.25) is 0 Å². The zero-order chi connectivity index (χ0) is 40.3. The first-order valence-electron chi connectivity index (χ1n) is 20.7. The normalized spacial score (nSPS) is 11.6. The van der Waals surface area contributed by atoms with Gasteiger partial charge in [-0.05, 0) is 110 Å². The molecule has 0 fully saturated rings. The molecule has 286 valence electrons. The molecule has 0 saturated heterocycles. The van der Waals surface area contributed by atoms with Crippen molar-refractivity contribution in [2.45, 2.75) is 0 Å². The second kappa shape index (κ2) is 14.3. The predicted octanol–water partition coefficient (Wildman–Crippen LogP) is 16.8. The topological polar surface area (TPSA) is 29.5 Å². The van der Waals surface area contributed by atoms with Gasteiger partial charge >= 0.3 is 0 Å². The average Bonchev–Trinajstić information content (AvgIpc) is 3.91. The van der Waals surface area contributed by atoms with Crippen LogP contribution in [0.4, 0.5) is 17.1 Å². The summed E-state index contributed by atoms with van der Waals surface area (Å²) in [6, 6.07) is 80.0. The quantitative estimate of drug-likeness (QED) is 0.161. The fraction of sp³-hybridized carbons (Fsp3) is 0. The van der Waals surface area contributed by atoms with Crippen LogP contribution in [-0.2, 0) is 0 Å². The van der Waals surface area contributed by atoms with E-state index in [4.69, 9.17) is 8.83 Å². The molecule has 0 saturated carbocycles. The number of anilines is 3. The van der Waals surface area contributed by atoms with Crippen LogP contribution in [0, 0.1) is 0 Å². The summed E-state index contributed by atoms with van der Waals surface area (Å²) >= 11 is 0. The highest BCUT2D eigenvalue weighted by molar-refractivity contribution is 6.19. The van der Waals surface area contributed by atoms with Crippen LogP contribution in [0.1, 0.15) is 0 Å². The van der Waals surface area contributed by atoms with Crippen LogP contribution in [0.25, 0.3) is 99.2 Å². The van der Waals surface area contributed by atoms with Crippen LogP contribution in [0.3, 0.4) is 0 Å². The molecular formula is C58H37NO2. The van der Waals surface area contributed by atoms with E-state index in [0.717, 1.165) is 94.3 Å². The SMILES string of the molecule is c1ccc(-c2ccc(N(c3cccc(-c4cccc5c4oc4ccccc45)c3)c3ccc(-c4ccc5ccc6oc7ccccc7c6c5c4)c(-c4ccccc4)c3)cc2)cc1. The van der Waals surface area contributed by atoms with E-state index in [-0.39, 0.29) is 0 Å². The Morgan fingerprint density at radius 2 is 0.869 bits per heavy atom. The van der Waals surface area contributed by atoms with E-state index < -0.39 is 0 Å². The Labute approximate surface area is 353 Å². The maximum Gasteiger partial charge on any atom is 0.143 e. The van der Waals surface area contributed by atoms with E-state index in [0.29, 0.717) is 0 Å². The van der Waals surface area contributed by atoms with Crippen molar-refractivity contribution in [3.63, 3.8) is 0 Å². The standard InChI is InChI=1S/C58H37NO2/c1-3-13-38(14-4-1)39-27-30-44(31-28-39)59(45-18-11-17-42(35-45)48-21-12-22-50-49-19-7-9-23-54(49)61-58(48)50)46-32-33-47(52(37-46)40-15-5-2-6-16-40)43-26-25-41-29-34-56-57(53(41)36-43)51-20-8-10-24-55(51)60-56/h1-37H. The summed E-state index contributed by atoms with van der Waals surface area (Å²) in [5.41, 5.74) is 15.9. The van der Waals surface area contributed by atoms with Gasteiger partial charge in [-0.1, -0.05) is 164 Å². The van der Waals surface area contributed by atoms with Crippen molar-refractivity contribution >= 4 is 71.7 Å². The third kappa shape index (κ3) is 5.98. The molecule has 2 aromatic heterocycles. The van der Waals surface area contributed by atoms with Crippen molar-refractivity contribution < 1.29 is 8.83 Å². The molecule has 0 atom stereocenters. The van der Waals surface area contributed by atoms with E-state index in [1.165, 1.54) is 21.9 Å². The van der Waals surface area contributed by atoms with Crippen LogP contribution < -0.4 is 4.90 Å². The van der Waals surface area contributed by atoms with Gasteiger partial charge in [-0.15, -0.1) is 0 Å². The molecule has 0 aliphatic heterocycles. The van der Waals surface area contributed by atoms with Crippen molar-refractivity contribution in [3.05, 3.63) is 224 Å². The fourth-order valence-electron chi connectivity index (χ4n) is 9.16. The number of nitrogens with zero attached hydrogens (tertiary/aromatic N) is 1. The van der Waals surface area contributed by atoms with Gasteiger partial charge in [-0.3, -0.25) is 0 Å². The Morgan fingerprint density at radius 3 is 1.69 bits per heavy atom. The van der Waals surface area contributed by atoms with Gasteiger partial charge in [0, 0.05) is 44.2 Å². The third-order valence-electron chi connectivity index (χ3n) is 12.1. The van der Waals surface area contributed by atoms with Crippen LogP contribution >= 0.6 is 0 Å². The molecule has 0 aliphatic rings. The fourth-order valence-corrected chi connectivity index (χ4v) is 9.16. The lowest BCUT2D eigenvalue weighted by atomic mass is 9.91. The lowest BCUT2D eigenvalue weighted by molar-refractivity contribution is 0.669. The van der Waals surface area contributed by atoms with Crippen molar-refractivity contribution in [3.8, 4) is 44.5 Å². The summed E-state index contributed by atoms with van der Waals surface area (Å²) in [6.45, 7) is 0. The highest BCUT2D eigenvalue weighted by atomic mass is 16.3. The highest BCUT2D eigenvalue weighted by Gasteiger charge is 2.20. The van der Waals surface area contributed by atoms with Crippen molar-refractivity contribution in [1.29, 1.82) is 0 Å². The van der Waals surface area contributed by atoms with Gasteiger partial charge < -0.3 is 13.7 Å².